The van der Waals surface area contributed by atoms with Gasteiger partial charge in [0.05, 0.1) is 11.3 Å². The summed E-state index contributed by atoms with van der Waals surface area (Å²) in [6, 6.07) is 27.3. The van der Waals surface area contributed by atoms with Crippen LogP contribution in [0.25, 0.3) is 6.08 Å². The van der Waals surface area contributed by atoms with Gasteiger partial charge in [-0.3, -0.25) is 0 Å². The topological polar surface area (TPSA) is 19.6 Å². The third kappa shape index (κ3) is 7.24. The van der Waals surface area contributed by atoms with Crippen molar-refractivity contribution in [3.8, 4) is 0 Å². The Morgan fingerprint density at radius 2 is 1.23 bits per heavy atom. The van der Waals surface area contributed by atoms with Gasteiger partial charge in [0.25, 0.3) is 6.71 Å². The first-order valence-electron chi connectivity index (χ1n) is 27.0. The third-order valence-electron chi connectivity index (χ3n) is 18.5. The highest BCUT2D eigenvalue weighted by molar-refractivity contribution is 6.99. The molecular formula is C66H81BN2O. The van der Waals surface area contributed by atoms with E-state index in [1.54, 1.807) is 5.57 Å². The maximum Gasteiger partial charge on any atom is 0.297 e. The van der Waals surface area contributed by atoms with E-state index in [-0.39, 0.29) is 50.5 Å². The summed E-state index contributed by atoms with van der Waals surface area (Å²) >= 11 is 0. The summed E-state index contributed by atoms with van der Waals surface area (Å²) in [5.74, 6) is 1.84. The van der Waals surface area contributed by atoms with Gasteiger partial charge < -0.3 is 14.2 Å². The van der Waals surface area contributed by atoms with Crippen molar-refractivity contribution in [2.24, 2.45) is 16.7 Å². The lowest BCUT2D eigenvalue weighted by molar-refractivity contribution is 0.119. The van der Waals surface area contributed by atoms with Crippen molar-refractivity contribution >= 4 is 63.5 Å². The Morgan fingerprint density at radius 3 is 1.87 bits per heavy atom. The van der Waals surface area contributed by atoms with Crippen molar-refractivity contribution in [2.75, 3.05) is 9.80 Å². The summed E-state index contributed by atoms with van der Waals surface area (Å²) in [5.41, 5.74) is 23.0. The van der Waals surface area contributed by atoms with Crippen molar-refractivity contribution in [2.45, 2.75) is 189 Å². The van der Waals surface area contributed by atoms with E-state index in [0.717, 1.165) is 37.1 Å². The highest BCUT2D eigenvalue weighted by Crippen LogP contribution is 2.59. The number of hydrogen-bond acceptors (Lipinski definition) is 3. The molecule has 11 rings (SSSR count). The number of nitrogens with zero attached hydrogens (tertiary/aromatic N) is 2. The highest BCUT2D eigenvalue weighted by atomic mass is 16.3. The van der Waals surface area contributed by atoms with Gasteiger partial charge in [0, 0.05) is 46.3 Å². The maximum atomic E-state index is 7.80. The zero-order valence-corrected chi connectivity index (χ0v) is 46.0. The second-order valence-corrected chi connectivity index (χ2v) is 28.3. The molecule has 3 nitrogen and oxygen atoms in total. The molecule has 0 bridgehead atoms. The van der Waals surface area contributed by atoms with Crippen LogP contribution in [0.2, 0.25) is 0 Å². The Balaban J connectivity index is 1.30. The zero-order chi connectivity index (χ0) is 50.0. The monoisotopic (exact) mass is 929 g/mol. The van der Waals surface area contributed by atoms with E-state index >= 15 is 0 Å². The summed E-state index contributed by atoms with van der Waals surface area (Å²) in [4.78, 5) is 5.45. The standard InChI is InChI=1S/C66H81BN2O/c1-60(2,3)41-23-26-44(27-24-41)68-52-36-43(62(7,8)9)37-53-56(52)67(59-57(68)46-38-48-49(39-54(46)70-59)65(14,15)32-31-64(48,12)13)50-29-28-47-55(66(16,17)34-33-63(47,10)11)58(50)69(53)51-30-25-42(61(4,5)6)35-45(51)40-21-19-18-20-22-40/h18-21,23-30,35-38,40,49H,22,31-34,39H2,1-17H3. The molecule has 4 aliphatic carbocycles. The number of fused-ring (bicyclic) bond motifs is 9. The van der Waals surface area contributed by atoms with Gasteiger partial charge >= 0.3 is 0 Å². The molecule has 3 heterocycles. The largest absolute Gasteiger partial charge is 0.472 e. The molecule has 0 spiro atoms. The predicted octanol–water partition coefficient (Wildman–Crippen LogP) is 16.6. The molecular weight excluding hydrogens is 848 g/mol. The van der Waals surface area contributed by atoms with Gasteiger partial charge in [0.1, 0.15) is 5.76 Å². The van der Waals surface area contributed by atoms with E-state index in [4.69, 9.17) is 4.42 Å². The molecule has 364 valence electrons. The number of furan rings is 1. The molecule has 1 aromatic heterocycles. The number of allylic oxidation sites excluding steroid dienone is 5. The van der Waals surface area contributed by atoms with Crippen LogP contribution in [0.5, 0.6) is 0 Å². The molecule has 0 amide bonds. The van der Waals surface area contributed by atoms with Gasteiger partial charge in [-0.1, -0.05) is 184 Å². The molecule has 0 radical (unpaired) electrons. The van der Waals surface area contributed by atoms with E-state index in [9.17, 15) is 0 Å². The van der Waals surface area contributed by atoms with Crippen molar-refractivity contribution in [3.05, 3.63) is 141 Å². The smallest absolute Gasteiger partial charge is 0.297 e. The Morgan fingerprint density at radius 1 is 0.600 bits per heavy atom. The van der Waals surface area contributed by atoms with Crippen LogP contribution in [0.4, 0.5) is 34.1 Å². The average molecular weight is 929 g/mol. The van der Waals surface area contributed by atoms with Gasteiger partial charge in [-0.15, -0.1) is 0 Å². The zero-order valence-electron chi connectivity index (χ0n) is 46.0. The fourth-order valence-corrected chi connectivity index (χ4v) is 13.7. The molecule has 1 fully saturated rings. The van der Waals surface area contributed by atoms with Gasteiger partial charge in [-0.05, 0) is 157 Å². The summed E-state index contributed by atoms with van der Waals surface area (Å²) in [7, 11) is 0. The number of benzene rings is 4. The van der Waals surface area contributed by atoms with Gasteiger partial charge in [-0.2, -0.15) is 0 Å². The van der Waals surface area contributed by atoms with E-state index in [1.165, 1.54) is 96.8 Å². The van der Waals surface area contributed by atoms with E-state index in [0.29, 0.717) is 5.92 Å². The Bertz CT molecular complexity index is 3070. The molecule has 6 aliphatic rings. The minimum Gasteiger partial charge on any atom is -0.472 e. The second-order valence-electron chi connectivity index (χ2n) is 28.3. The SMILES string of the molecule is CC1(C)CCC(C)(C)C2Cc3oc4c(c3C=C21)N(c1ccc(C(C)(C)C)cc1)c1cc(C(C)(C)C)cc2c1B4c1ccc3c(c1N2c1ccc(C(C)(C)C)cc1C1C=CC=CC1)C(C)(C)CCC3(C)C. The number of hydrogen-bond donors (Lipinski definition) is 0. The fourth-order valence-electron chi connectivity index (χ4n) is 13.7. The Hall–Kier alpha value is -4.96. The van der Waals surface area contributed by atoms with Crippen LogP contribution < -0.4 is 26.4 Å². The van der Waals surface area contributed by atoms with Crippen LogP contribution in [0.1, 0.15) is 200 Å². The molecule has 2 unspecified atom stereocenters. The van der Waals surface area contributed by atoms with Crippen LogP contribution in [0, 0.1) is 16.7 Å². The lowest BCUT2D eigenvalue weighted by Gasteiger charge is -2.50. The molecule has 0 N–H and O–H groups in total. The van der Waals surface area contributed by atoms with E-state index < -0.39 is 0 Å². The van der Waals surface area contributed by atoms with Gasteiger partial charge in [0.15, 0.2) is 0 Å². The quantitative estimate of drug-likeness (QED) is 0.165. The molecule has 4 heteroatoms. The van der Waals surface area contributed by atoms with Crippen LogP contribution in [-0.2, 0) is 33.5 Å². The minimum absolute atomic E-state index is 0.00201. The van der Waals surface area contributed by atoms with Crippen molar-refractivity contribution in [3.63, 3.8) is 0 Å². The van der Waals surface area contributed by atoms with E-state index in [2.05, 4.69) is 225 Å². The second kappa shape index (κ2) is 15.3. The van der Waals surface area contributed by atoms with E-state index in [1.807, 2.05) is 0 Å². The summed E-state index contributed by atoms with van der Waals surface area (Å²) < 4.78 is 7.80. The number of rotatable bonds is 3. The fraction of sp³-hybridized carbons (Fsp3) is 0.485. The maximum absolute atomic E-state index is 7.80. The summed E-state index contributed by atoms with van der Waals surface area (Å²) in [6.07, 6.45) is 18.6. The third-order valence-corrected chi connectivity index (χ3v) is 18.5. The number of anilines is 6. The van der Waals surface area contributed by atoms with Crippen molar-refractivity contribution < 1.29 is 4.42 Å². The lowest BCUT2D eigenvalue weighted by Crippen LogP contribution is -2.62. The molecule has 0 saturated heterocycles. The van der Waals surface area contributed by atoms with Crippen molar-refractivity contribution in [1.29, 1.82) is 0 Å². The molecule has 2 atom stereocenters. The first-order chi connectivity index (χ1) is 32.6. The summed E-state index contributed by atoms with van der Waals surface area (Å²) in [6.45, 7) is 41.2. The molecule has 2 aliphatic heterocycles. The lowest BCUT2D eigenvalue weighted by atomic mass is 9.34. The predicted molar refractivity (Wildman–Crippen MR) is 302 cm³/mol. The molecule has 4 aromatic carbocycles. The van der Waals surface area contributed by atoms with Crippen molar-refractivity contribution in [1.82, 2.24) is 0 Å². The Kier molecular flexibility index (Phi) is 10.3. The average Bonchev–Trinajstić information content (AvgIpc) is 3.66. The van der Waals surface area contributed by atoms with Crippen LogP contribution in [0.15, 0.2) is 101 Å². The normalized spacial score (nSPS) is 22.4. The Labute approximate surface area is 423 Å². The first-order valence-corrected chi connectivity index (χ1v) is 27.0. The van der Waals surface area contributed by atoms with Gasteiger partial charge in [0.2, 0.25) is 0 Å². The molecule has 70 heavy (non-hydrogen) atoms. The first kappa shape index (κ1) is 47.4. The van der Waals surface area contributed by atoms with Crippen LogP contribution in [-0.4, -0.2) is 6.71 Å². The molecule has 5 aromatic rings. The summed E-state index contributed by atoms with van der Waals surface area (Å²) in [5, 5.41) is 0. The van der Waals surface area contributed by atoms with Gasteiger partial charge in [-0.25, -0.2) is 0 Å². The van der Waals surface area contributed by atoms with Crippen LogP contribution in [0.3, 0.4) is 0 Å². The van der Waals surface area contributed by atoms with Crippen LogP contribution >= 0.6 is 0 Å². The minimum atomic E-state index is -0.134. The highest BCUT2D eigenvalue weighted by Gasteiger charge is 2.53. The molecule has 1 saturated carbocycles.